The normalized spacial score (nSPS) is 17.3. The number of hydrogen-bond donors (Lipinski definition) is 0. The summed E-state index contributed by atoms with van der Waals surface area (Å²) >= 11 is 1.53. The summed E-state index contributed by atoms with van der Waals surface area (Å²) in [5.41, 5.74) is 0.891. The molecule has 0 spiro atoms. The lowest BCUT2D eigenvalue weighted by Crippen LogP contribution is -2.32. The van der Waals surface area contributed by atoms with Gasteiger partial charge in [0.15, 0.2) is 0 Å². The van der Waals surface area contributed by atoms with E-state index in [4.69, 9.17) is 0 Å². The molecule has 2 heterocycles. The molecule has 0 N–H and O–H groups in total. The molecule has 5 heteroatoms. The van der Waals surface area contributed by atoms with Crippen molar-refractivity contribution in [1.29, 1.82) is 0 Å². The lowest BCUT2D eigenvalue weighted by atomic mass is 10.2. The number of nitrogens with zero attached hydrogens (tertiary/aromatic N) is 2. The molecule has 0 bridgehead atoms. The highest BCUT2D eigenvalue weighted by molar-refractivity contribution is 7.11. The predicted molar refractivity (Wildman–Crippen MR) is 61.0 cm³/mol. The number of aryl methyl sites for hydroxylation is 2. The highest BCUT2D eigenvalue weighted by atomic mass is 32.1. The van der Waals surface area contributed by atoms with Crippen molar-refractivity contribution in [3.05, 3.63) is 27.7 Å². The van der Waals surface area contributed by atoms with E-state index in [0.29, 0.717) is 0 Å². The van der Waals surface area contributed by atoms with Crippen molar-refractivity contribution in [2.45, 2.75) is 26.8 Å². The van der Waals surface area contributed by atoms with Crippen molar-refractivity contribution in [3.8, 4) is 0 Å². The summed E-state index contributed by atoms with van der Waals surface area (Å²) in [7, 11) is 0. The van der Waals surface area contributed by atoms with E-state index >= 15 is 0 Å². The molecule has 0 saturated heterocycles. The Morgan fingerprint density at radius 3 is 2.25 bits per heavy atom. The average molecular weight is 236 g/mol. The molecule has 1 aromatic heterocycles. The first-order chi connectivity index (χ1) is 7.50. The maximum Gasteiger partial charge on any atom is 0.254 e. The van der Waals surface area contributed by atoms with Crippen molar-refractivity contribution >= 4 is 23.2 Å². The monoisotopic (exact) mass is 236 g/mol. The van der Waals surface area contributed by atoms with E-state index in [1.807, 2.05) is 20.8 Å². The zero-order valence-corrected chi connectivity index (χ0v) is 10.2. The Hall–Kier alpha value is -1.49. The summed E-state index contributed by atoms with van der Waals surface area (Å²) in [6.45, 7) is 5.66. The van der Waals surface area contributed by atoms with Gasteiger partial charge in [-0.2, -0.15) is 0 Å². The summed E-state index contributed by atoms with van der Waals surface area (Å²) < 4.78 is 0. The van der Waals surface area contributed by atoms with E-state index in [1.54, 1.807) is 0 Å². The first-order valence-electron chi connectivity index (χ1n) is 5.00. The van der Waals surface area contributed by atoms with Gasteiger partial charge in [0.2, 0.25) is 0 Å². The van der Waals surface area contributed by atoms with E-state index in [1.165, 1.54) is 28.4 Å². The van der Waals surface area contributed by atoms with E-state index in [9.17, 15) is 9.59 Å². The molecule has 84 valence electrons. The fourth-order valence-electron chi connectivity index (χ4n) is 1.85. The second-order valence-electron chi connectivity index (χ2n) is 3.74. The third kappa shape index (κ3) is 1.67. The van der Waals surface area contributed by atoms with Crippen LogP contribution in [0, 0.1) is 13.8 Å². The lowest BCUT2D eigenvalue weighted by Gasteiger charge is -2.21. The molecule has 16 heavy (non-hydrogen) atoms. The number of hydrogen-bond acceptors (Lipinski definition) is 4. The van der Waals surface area contributed by atoms with Gasteiger partial charge in [0.1, 0.15) is 0 Å². The van der Waals surface area contributed by atoms with Gasteiger partial charge in [0.05, 0.1) is 21.6 Å². The smallest absolute Gasteiger partial charge is 0.254 e. The number of thiazole rings is 1. The van der Waals surface area contributed by atoms with Gasteiger partial charge in [-0.1, -0.05) is 0 Å². The SMILES string of the molecule is Cc1nc(C)c(C(C)N2C(=O)C=CC2=O)s1. The van der Waals surface area contributed by atoms with Gasteiger partial charge in [0.25, 0.3) is 11.8 Å². The summed E-state index contributed by atoms with van der Waals surface area (Å²) in [6, 6.07) is -0.235. The Morgan fingerprint density at radius 2 is 1.81 bits per heavy atom. The van der Waals surface area contributed by atoms with Crippen LogP contribution in [0.2, 0.25) is 0 Å². The summed E-state index contributed by atoms with van der Waals surface area (Å²) in [5.74, 6) is -0.495. The number of carbonyl (C=O) groups excluding carboxylic acids is 2. The molecule has 0 fully saturated rings. The molecule has 2 amide bonds. The third-order valence-corrected chi connectivity index (χ3v) is 3.79. The predicted octanol–water partition coefficient (Wildman–Crippen LogP) is 1.75. The molecule has 0 aromatic carbocycles. The summed E-state index contributed by atoms with van der Waals surface area (Å²) in [6.07, 6.45) is 2.62. The Labute approximate surface area is 97.6 Å². The minimum atomic E-state index is -0.247. The summed E-state index contributed by atoms with van der Waals surface area (Å²) in [4.78, 5) is 29.6. The second kappa shape index (κ2) is 3.83. The Kier molecular flexibility index (Phi) is 2.63. The molecule has 4 nitrogen and oxygen atoms in total. The molecule has 1 aromatic rings. The zero-order chi connectivity index (χ0) is 11.9. The molecular weight excluding hydrogens is 224 g/mol. The van der Waals surface area contributed by atoms with Crippen LogP contribution in [-0.2, 0) is 9.59 Å². The Morgan fingerprint density at radius 1 is 1.25 bits per heavy atom. The summed E-state index contributed by atoms with van der Waals surface area (Å²) in [5, 5.41) is 0.950. The van der Waals surface area contributed by atoms with Crippen molar-refractivity contribution in [2.24, 2.45) is 0 Å². The molecule has 0 saturated carbocycles. The van der Waals surface area contributed by atoms with Crippen LogP contribution < -0.4 is 0 Å². The van der Waals surface area contributed by atoms with Gasteiger partial charge in [-0.05, 0) is 20.8 Å². The largest absolute Gasteiger partial charge is 0.269 e. The van der Waals surface area contributed by atoms with Gasteiger partial charge in [-0.15, -0.1) is 11.3 Å². The van der Waals surface area contributed by atoms with Crippen LogP contribution in [0.1, 0.15) is 28.5 Å². The fourth-order valence-corrected chi connectivity index (χ4v) is 2.82. The quantitative estimate of drug-likeness (QED) is 0.735. The van der Waals surface area contributed by atoms with Crippen molar-refractivity contribution in [3.63, 3.8) is 0 Å². The fraction of sp³-hybridized carbons (Fsp3) is 0.364. The molecule has 0 radical (unpaired) electrons. The van der Waals surface area contributed by atoms with Crippen LogP contribution in [0.5, 0.6) is 0 Å². The first-order valence-corrected chi connectivity index (χ1v) is 5.81. The molecule has 1 aliphatic rings. The van der Waals surface area contributed by atoms with Crippen molar-refractivity contribution in [2.75, 3.05) is 0 Å². The second-order valence-corrected chi connectivity index (χ2v) is 4.97. The number of imide groups is 1. The molecule has 1 atom stereocenters. The van der Waals surface area contributed by atoms with Crippen LogP contribution in [-0.4, -0.2) is 21.7 Å². The van der Waals surface area contributed by atoms with Crippen molar-refractivity contribution in [1.82, 2.24) is 9.88 Å². The molecule has 1 unspecified atom stereocenters. The van der Waals surface area contributed by atoms with Crippen molar-refractivity contribution < 1.29 is 9.59 Å². The topological polar surface area (TPSA) is 50.3 Å². The maximum absolute atomic E-state index is 11.5. The van der Waals surface area contributed by atoms with Gasteiger partial charge in [-0.3, -0.25) is 14.5 Å². The van der Waals surface area contributed by atoms with E-state index < -0.39 is 0 Å². The molecule has 2 rings (SSSR count). The molecule has 1 aliphatic heterocycles. The maximum atomic E-state index is 11.5. The van der Waals surface area contributed by atoms with Gasteiger partial charge < -0.3 is 0 Å². The van der Waals surface area contributed by atoms with Gasteiger partial charge >= 0.3 is 0 Å². The minimum Gasteiger partial charge on any atom is -0.269 e. The first kappa shape index (κ1) is 11.0. The standard InChI is InChI=1S/C11H12N2O2S/c1-6-11(16-8(3)12-6)7(2)13-9(14)4-5-10(13)15/h4-5,7H,1-3H3. The van der Waals surface area contributed by atoms with E-state index in [-0.39, 0.29) is 17.9 Å². The highest BCUT2D eigenvalue weighted by Gasteiger charge is 2.31. The number of carbonyl (C=O) groups is 2. The Bertz CT molecular complexity index is 472. The van der Waals surface area contributed by atoms with Crippen LogP contribution in [0.15, 0.2) is 12.2 Å². The average Bonchev–Trinajstić information content (AvgIpc) is 2.70. The highest BCUT2D eigenvalue weighted by Crippen LogP contribution is 2.30. The zero-order valence-electron chi connectivity index (χ0n) is 9.35. The van der Waals surface area contributed by atoms with Crippen LogP contribution >= 0.6 is 11.3 Å². The minimum absolute atomic E-state index is 0.235. The lowest BCUT2D eigenvalue weighted by molar-refractivity contribution is -0.139. The van der Waals surface area contributed by atoms with Crippen LogP contribution in [0.4, 0.5) is 0 Å². The molecular formula is C11H12N2O2S. The van der Waals surface area contributed by atoms with Gasteiger partial charge in [0, 0.05) is 12.2 Å². The number of rotatable bonds is 2. The van der Waals surface area contributed by atoms with E-state index in [2.05, 4.69) is 4.98 Å². The van der Waals surface area contributed by atoms with Gasteiger partial charge in [-0.25, -0.2) is 4.98 Å². The Balaban J connectivity index is 2.32. The third-order valence-electron chi connectivity index (χ3n) is 2.55. The van der Waals surface area contributed by atoms with Crippen LogP contribution in [0.3, 0.4) is 0 Å². The number of aromatic nitrogens is 1. The van der Waals surface area contributed by atoms with Crippen LogP contribution in [0.25, 0.3) is 0 Å². The number of amides is 2. The molecule has 0 aliphatic carbocycles. The van der Waals surface area contributed by atoms with E-state index in [0.717, 1.165) is 15.6 Å².